The van der Waals surface area contributed by atoms with Crippen LogP contribution in [0.25, 0.3) is 0 Å². The molecule has 0 saturated carbocycles. The second kappa shape index (κ2) is 28.1. The first-order valence-corrected chi connectivity index (χ1v) is 21.2. The van der Waals surface area contributed by atoms with Crippen LogP contribution in [0.4, 0.5) is 0 Å². The van der Waals surface area contributed by atoms with E-state index in [2.05, 4.69) is 20.8 Å². The molecule has 0 N–H and O–H groups in total. The van der Waals surface area contributed by atoms with Crippen molar-refractivity contribution < 1.29 is 17.5 Å². The normalized spacial score (nSPS) is 12.3. The van der Waals surface area contributed by atoms with Crippen molar-refractivity contribution >= 4 is 10.1 Å². The van der Waals surface area contributed by atoms with Crippen LogP contribution in [-0.4, -0.2) is 37.1 Å². The molecule has 0 unspecified atom stereocenters. The van der Waals surface area contributed by atoms with Crippen LogP contribution in [0.5, 0.6) is 0 Å². The molecular formula is C40H75NO3S. The Balaban J connectivity index is 2.89. The fraction of sp³-hybridized carbons (Fsp3) is 0.850. The van der Waals surface area contributed by atoms with Gasteiger partial charge in [-0.25, -0.2) is 8.42 Å². The van der Waals surface area contributed by atoms with E-state index in [0.29, 0.717) is 6.54 Å². The Kier molecular flexibility index (Phi) is 26.3. The van der Waals surface area contributed by atoms with Crippen LogP contribution in [0.1, 0.15) is 200 Å². The minimum atomic E-state index is -4.49. The molecule has 0 bridgehead atoms. The number of quaternary nitrogens is 1. The predicted octanol–water partition coefficient (Wildman–Crippen LogP) is 12.5. The number of rotatable bonds is 33. The first kappa shape index (κ1) is 42.1. The predicted molar refractivity (Wildman–Crippen MR) is 195 cm³/mol. The first-order chi connectivity index (χ1) is 21.9. The average Bonchev–Trinajstić information content (AvgIpc) is 3.02. The van der Waals surface area contributed by atoms with Gasteiger partial charge in [0, 0.05) is 5.56 Å². The first-order valence-electron chi connectivity index (χ1n) is 19.8. The lowest BCUT2D eigenvalue weighted by Crippen LogP contribution is -2.49. The number of hydrogen-bond donors (Lipinski definition) is 0. The Morgan fingerprint density at radius 1 is 0.467 bits per heavy atom. The molecule has 0 aliphatic rings. The molecule has 1 aromatic carbocycles. The van der Waals surface area contributed by atoms with Crippen molar-refractivity contribution in [1.82, 2.24) is 0 Å². The van der Waals surface area contributed by atoms with Gasteiger partial charge in [-0.1, -0.05) is 174 Å². The van der Waals surface area contributed by atoms with Crippen LogP contribution in [0.2, 0.25) is 0 Å². The molecule has 0 aromatic heterocycles. The van der Waals surface area contributed by atoms with Gasteiger partial charge in [-0.05, 0) is 44.6 Å². The number of benzene rings is 1. The topological polar surface area (TPSA) is 57.2 Å². The minimum Gasteiger partial charge on any atom is -0.744 e. The van der Waals surface area contributed by atoms with Gasteiger partial charge >= 0.3 is 0 Å². The fourth-order valence-corrected chi connectivity index (χ4v) is 7.78. The lowest BCUT2D eigenvalue weighted by atomic mass is 10.0. The van der Waals surface area contributed by atoms with E-state index in [1.807, 2.05) is 12.1 Å². The highest BCUT2D eigenvalue weighted by atomic mass is 32.2. The van der Waals surface area contributed by atoms with E-state index in [1.54, 1.807) is 6.07 Å². The largest absolute Gasteiger partial charge is 0.744 e. The highest BCUT2D eigenvalue weighted by Gasteiger charge is 2.28. The summed E-state index contributed by atoms with van der Waals surface area (Å²) in [4.78, 5) is -0.00117. The molecule has 0 radical (unpaired) electrons. The molecule has 264 valence electrons. The molecule has 0 heterocycles. The summed E-state index contributed by atoms with van der Waals surface area (Å²) in [5.41, 5.74) is 0.732. The van der Waals surface area contributed by atoms with E-state index in [-0.39, 0.29) is 4.90 Å². The monoisotopic (exact) mass is 650 g/mol. The van der Waals surface area contributed by atoms with E-state index in [1.165, 1.54) is 179 Å². The number of hydrogen-bond acceptors (Lipinski definition) is 3. The van der Waals surface area contributed by atoms with Crippen molar-refractivity contribution in [2.45, 2.75) is 206 Å². The van der Waals surface area contributed by atoms with Crippen LogP contribution in [-0.2, 0) is 16.7 Å². The molecule has 1 rings (SSSR count). The third-order valence-electron chi connectivity index (χ3n) is 9.96. The maximum absolute atomic E-state index is 12.3. The molecular weight excluding hydrogens is 575 g/mol. The maximum atomic E-state index is 12.3. The summed E-state index contributed by atoms with van der Waals surface area (Å²) < 4.78 is 37.7. The SMILES string of the molecule is CCCCCCCCCCC[N+](CCCCCCCCCCC)(CCCCCCCCCCC)Cc1ccccc1S(=O)(=O)[O-]. The van der Waals surface area contributed by atoms with Crippen molar-refractivity contribution in [3.05, 3.63) is 29.8 Å². The number of nitrogens with zero attached hydrogens (tertiary/aromatic N) is 1. The van der Waals surface area contributed by atoms with Gasteiger partial charge in [-0.2, -0.15) is 0 Å². The summed E-state index contributed by atoms with van der Waals surface area (Å²) >= 11 is 0. The lowest BCUT2D eigenvalue weighted by Gasteiger charge is -2.40. The molecule has 0 atom stereocenters. The molecule has 0 aliphatic carbocycles. The van der Waals surface area contributed by atoms with Crippen LogP contribution >= 0.6 is 0 Å². The zero-order valence-corrected chi connectivity index (χ0v) is 31.1. The Morgan fingerprint density at radius 3 is 1.07 bits per heavy atom. The summed E-state index contributed by atoms with van der Waals surface area (Å²) in [5, 5.41) is 0. The molecule has 0 spiro atoms. The molecule has 4 nitrogen and oxygen atoms in total. The van der Waals surface area contributed by atoms with Gasteiger partial charge in [0.25, 0.3) is 0 Å². The zero-order chi connectivity index (χ0) is 32.9. The Hall–Kier alpha value is -0.910. The third-order valence-corrected chi connectivity index (χ3v) is 10.9. The van der Waals surface area contributed by atoms with Crippen LogP contribution < -0.4 is 0 Å². The molecule has 45 heavy (non-hydrogen) atoms. The van der Waals surface area contributed by atoms with Crippen LogP contribution in [0.3, 0.4) is 0 Å². The molecule has 0 aliphatic heterocycles. The molecule has 0 amide bonds. The average molecular weight is 650 g/mol. The van der Waals surface area contributed by atoms with Gasteiger partial charge in [0.1, 0.15) is 16.7 Å². The van der Waals surface area contributed by atoms with Gasteiger partial charge in [0.2, 0.25) is 0 Å². The van der Waals surface area contributed by atoms with Crippen molar-refractivity contribution in [3.8, 4) is 0 Å². The lowest BCUT2D eigenvalue weighted by molar-refractivity contribution is -0.941. The minimum absolute atomic E-state index is 0.00117. The second-order valence-corrected chi connectivity index (χ2v) is 15.6. The van der Waals surface area contributed by atoms with Gasteiger partial charge in [-0.3, -0.25) is 0 Å². The third kappa shape index (κ3) is 22.3. The van der Waals surface area contributed by atoms with Crippen molar-refractivity contribution in [3.63, 3.8) is 0 Å². The fourth-order valence-electron chi connectivity index (χ4n) is 7.09. The van der Waals surface area contributed by atoms with Crippen molar-refractivity contribution in [2.75, 3.05) is 19.6 Å². The Morgan fingerprint density at radius 2 is 0.756 bits per heavy atom. The molecule has 0 fully saturated rings. The Bertz CT molecular complexity index is 845. The van der Waals surface area contributed by atoms with Gasteiger partial charge < -0.3 is 9.04 Å². The van der Waals surface area contributed by atoms with Crippen LogP contribution in [0, 0.1) is 0 Å². The summed E-state index contributed by atoms with van der Waals surface area (Å²) in [6.45, 7) is 10.8. The quantitative estimate of drug-likeness (QED) is 0.0432. The van der Waals surface area contributed by atoms with Gasteiger partial charge in [-0.15, -0.1) is 0 Å². The van der Waals surface area contributed by atoms with E-state index in [4.69, 9.17) is 0 Å². The van der Waals surface area contributed by atoms with E-state index < -0.39 is 10.1 Å². The zero-order valence-electron chi connectivity index (χ0n) is 30.3. The Labute approximate surface area is 281 Å². The molecule has 0 saturated heterocycles. The van der Waals surface area contributed by atoms with Gasteiger partial charge in [0.15, 0.2) is 0 Å². The second-order valence-electron chi connectivity index (χ2n) is 14.2. The summed E-state index contributed by atoms with van der Waals surface area (Å²) in [5.74, 6) is 0. The van der Waals surface area contributed by atoms with E-state index >= 15 is 0 Å². The standard InChI is InChI=1S/C40H75NO3S/c1-4-7-10-13-16-19-22-25-30-35-41(36-31-26-23-20-17-14-11-8-5-2,37-32-27-24-21-18-15-12-9-6-3)38-39-33-28-29-34-40(39)45(42,43)44/h28-29,33-34H,4-27,30-32,35-38H2,1-3H3. The summed E-state index contributed by atoms with van der Waals surface area (Å²) in [7, 11) is -4.49. The van der Waals surface area contributed by atoms with E-state index in [0.717, 1.165) is 29.7 Å². The number of unbranched alkanes of at least 4 members (excludes halogenated alkanes) is 24. The highest BCUT2D eigenvalue weighted by molar-refractivity contribution is 7.85. The maximum Gasteiger partial charge on any atom is 0.124 e. The van der Waals surface area contributed by atoms with Gasteiger partial charge in [0.05, 0.1) is 24.5 Å². The highest BCUT2D eigenvalue weighted by Crippen LogP contribution is 2.26. The van der Waals surface area contributed by atoms with Crippen LogP contribution in [0.15, 0.2) is 29.2 Å². The summed E-state index contributed by atoms with van der Waals surface area (Å²) in [6.07, 6.45) is 35.5. The van der Waals surface area contributed by atoms with E-state index in [9.17, 15) is 13.0 Å². The van der Waals surface area contributed by atoms with Crippen molar-refractivity contribution in [1.29, 1.82) is 0 Å². The van der Waals surface area contributed by atoms with Crippen molar-refractivity contribution in [2.24, 2.45) is 0 Å². The molecule has 1 aromatic rings. The smallest absolute Gasteiger partial charge is 0.124 e. The summed E-state index contributed by atoms with van der Waals surface area (Å²) in [6, 6.07) is 7.04. The molecule has 5 heteroatoms.